The van der Waals surface area contributed by atoms with Gasteiger partial charge in [-0.25, -0.2) is 0 Å². The molecule has 1 amide bonds. The van der Waals surface area contributed by atoms with Crippen LogP contribution in [0.15, 0.2) is 11.6 Å². The van der Waals surface area contributed by atoms with Gasteiger partial charge in [0.2, 0.25) is 5.91 Å². The quantitative estimate of drug-likeness (QED) is 0.365. The fourth-order valence-corrected chi connectivity index (χ4v) is 2.23. The van der Waals surface area contributed by atoms with Crippen molar-refractivity contribution in [1.82, 2.24) is 0 Å². The van der Waals surface area contributed by atoms with E-state index in [4.69, 9.17) is 5.73 Å². The average molecular weight is 267 g/mol. The average Bonchev–Trinajstić information content (AvgIpc) is 2.39. The first-order valence-electron chi connectivity index (χ1n) is 8.15. The van der Waals surface area contributed by atoms with E-state index in [0.29, 0.717) is 5.57 Å². The summed E-state index contributed by atoms with van der Waals surface area (Å²) in [7, 11) is 0. The molecule has 0 atom stereocenters. The van der Waals surface area contributed by atoms with Gasteiger partial charge in [0, 0.05) is 5.57 Å². The van der Waals surface area contributed by atoms with Gasteiger partial charge in [0.1, 0.15) is 0 Å². The molecule has 0 aliphatic carbocycles. The van der Waals surface area contributed by atoms with Gasteiger partial charge in [0.15, 0.2) is 0 Å². The van der Waals surface area contributed by atoms with E-state index in [9.17, 15) is 4.79 Å². The van der Waals surface area contributed by atoms with Gasteiger partial charge in [-0.1, -0.05) is 77.2 Å². The van der Waals surface area contributed by atoms with E-state index in [1.807, 2.05) is 6.08 Å². The van der Waals surface area contributed by atoms with Crippen LogP contribution in [-0.4, -0.2) is 5.91 Å². The molecule has 0 bridgehead atoms. The van der Waals surface area contributed by atoms with E-state index >= 15 is 0 Å². The highest BCUT2D eigenvalue weighted by molar-refractivity contribution is 5.91. The van der Waals surface area contributed by atoms with Crippen molar-refractivity contribution in [2.75, 3.05) is 0 Å². The minimum Gasteiger partial charge on any atom is -0.366 e. The molecule has 0 aliphatic heterocycles. The summed E-state index contributed by atoms with van der Waals surface area (Å²) in [5.41, 5.74) is 5.87. The zero-order valence-corrected chi connectivity index (χ0v) is 13.0. The molecule has 0 radical (unpaired) electrons. The summed E-state index contributed by atoms with van der Waals surface area (Å²) < 4.78 is 0. The lowest BCUT2D eigenvalue weighted by atomic mass is 10.0. The predicted molar refractivity (Wildman–Crippen MR) is 84.0 cm³/mol. The van der Waals surface area contributed by atoms with Crippen LogP contribution in [0.2, 0.25) is 0 Å². The number of unbranched alkanes of at least 4 members (excludes halogenated alkanes) is 11. The van der Waals surface area contributed by atoms with Crippen LogP contribution in [0.1, 0.15) is 90.9 Å². The molecule has 2 heteroatoms. The van der Waals surface area contributed by atoms with E-state index in [1.54, 1.807) is 6.92 Å². The maximum atomic E-state index is 10.8. The van der Waals surface area contributed by atoms with Crippen LogP contribution in [0.3, 0.4) is 0 Å². The number of carbonyl (C=O) groups excluding carboxylic acids is 1. The number of nitrogens with two attached hydrogens (primary N) is 1. The summed E-state index contributed by atoms with van der Waals surface area (Å²) in [6.45, 7) is 4.06. The Morgan fingerprint density at radius 1 is 0.842 bits per heavy atom. The van der Waals surface area contributed by atoms with Crippen LogP contribution < -0.4 is 5.73 Å². The molecule has 0 rings (SSSR count). The molecule has 0 saturated carbocycles. The number of hydrogen-bond acceptors (Lipinski definition) is 1. The Labute approximate surface area is 119 Å². The molecule has 0 saturated heterocycles. The maximum Gasteiger partial charge on any atom is 0.244 e. The SMILES string of the molecule is CCCCCCCCCCCCCC=C(C)C(N)=O. The molecular formula is C17H33NO. The summed E-state index contributed by atoms with van der Waals surface area (Å²) in [4.78, 5) is 10.8. The van der Waals surface area contributed by atoms with Crippen molar-refractivity contribution >= 4 is 5.91 Å². The fourth-order valence-electron chi connectivity index (χ4n) is 2.23. The van der Waals surface area contributed by atoms with Crippen LogP contribution in [-0.2, 0) is 4.79 Å². The number of carbonyl (C=O) groups is 1. The molecule has 0 heterocycles. The third-order valence-corrected chi connectivity index (χ3v) is 3.65. The highest BCUT2D eigenvalue weighted by atomic mass is 16.1. The van der Waals surface area contributed by atoms with Crippen LogP contribution in [0.5, 0.6) is 0 Å². The zero-order valence-electron chi connectivity index (χ0n) is 13.0. The minimum atomic E-state index is -0.289. The van der Waals surface area contributed by atoms with Crippen molar-refractivity contribution in [3.8, 4) is 0 Å². The smallest absolute Gasteiger partial charge is 0.244 e. The molecule has 19 heavy (non-hydrogen) atoms. The Morgan fingerprint density at radius 2 is 1.26 bits per heavy atom. The van der Waals surface area contributed by atoms with Crippen molar-refractivity contribution in [2.24, 2.45) is 5.73 Å². The summed E-state index contributed by atoms with van der Waals surface area (Å²) in [6, 6.07) is 0. The standard InChI is InChI=1S/C17H33NO/c1-3-4-5-6-7-8-9-10-11-12-13-14-15-16(2)17(18)19/h15H,3-14H2,1-2H3,(H2,18,19). The summed E-state index contributed by atoms with van der Waals surface area (Å²) in [5.74, 6) is -0.289. The number of rotatable bonds is 13. The third-order valence-electron chi connectivity index (χ3n) is 3.65. The maximum absolute atomic E-state index is 10.8. The fraction of sp³-hybridized carbons (Fsp3) is 0.824. The monoisotopic (exact) mass is 267 g/mol. The highest BCUT2D eigenvalue weighted by Gasteiger charge is 1.96. The first kappa shape index (κ1) is 18.2. The van der Waals surface area contributed by atoms with Crippen LogP contribution >= 0.6 is 0 Å². The molecule has 0 aliphatic rings. The van der Waals surface area contributed by atoms with E-state index in [1.165, 1.54) is 70.6 Å². The minimum absolute atomic E-state index is 0.289. The van der Waals surface area contributed by atoms with Gasteiger partial charge in [0.05, 0.1) is 0 Å². The first-order valence-corrected chi connectivity index (χ1v) is 8.15. The third kappa shape index (κ3) is 13.4. The van der Waals surface area contributed by atoms with E-state index in [0.717, 1.165) is 6.42 Å². The summed E-state index contributed by atoms with van der Waals surface area (Å²) in [6.07, 6.45) is 17.9. The molecular weight excluding hydrogens is 234 g/mol. The Balaban J connectivity index is 3.15. The van der Waals surface area contributed by atoms with Gasteiger partial charge in [-0.05, 0) is 19.8 Å². The Morgan fingerprint density at radius 3 is 1.68 bits per heavy atom. The van der Waals surface area contributed by atoms with Gasteiger partial charge in [0.25, 0.3) is 0 Å². The van der Waals surface area contributed by atoms with Gasteiger partial charge in [-0.15, -0.1) is 0 Å². The lowest BCUT2D eigenvalue weighted by molar-refractivity contribution is -0.114. The van der Waals surface area contributed by atoms with Crippen molar-refractivity contribution in [3.63, 3.8) is 0 Å². The normalized spacial score (nSPS) is 11.8. The van der Waals surface area contributed by atoms with Gasteiger partial charge >= 0.3 is 0 Å². The second-order valence-corrected chi connectivity index (χ2v) is 5.58. The Bertz CT molecular complexity index is 246. The van der Waals surface area contributed by atoms with Crippen molar-refractivity contribution in [3.05, 3.63) is 11.6 Å². The van der Waals surface area contributed by atoms with Crippen molar-refractivity contribution < 1.29 is 4.79 Å². The number of amides is 1. The largest absolute Gasteiger partial charge is 0.366 e. The van der Waals surface area contributed by atoms with E-state index < -0.39 is 0 Å². The second kappa shape index (κ2) is 13.6. The van der Waals surface area contributed by atoms with Gasteiger partial charge in [-0.3, -0.25) is 4.79 Å². The van der Waals surface area contributed by atoms with Gasteiger partial charge in [-0.2, -0.15) is 0 Å². The predicted octanol–water partition coefficient (Wildman–Crippen LogP) is 5.12. The second-order valence-electron chi connectivity index (χ2n) is 5.58. The summed E-state index contributed by atoms with van der Waals surface area (Å²) in [5, 5.41) is 0. The first-order chi connectivity index (χ1) is 9.18. The Hall–Kier alpha value is -0.790. The molecule has 0 spiro atoms. The lowest BCUT2D eigenvalue weighted by Gasteiger charge is -2.02. The number of allylic oxidation sites excluding steroid dienone is 1. The molecule has 112 valence electrons. The van der Waals surface area contributed by atoms with E-state index in [-0.39, 0.29) is 5.91 Å². The van der Waals surface area contributed by atoms with Gasteiger partial charge < -0.3 is 5.73 Å². The van der Waals surface area contributed by atoms with Crippen molar-refractivity contribution in [1.29, 1.82) is 0 Å². The van der Waals surface area contributed by atoms with Crippen LogP contribution in [0.4, 0.5) is 0 Å². The molecule has 2 nitrogen and oxygen atoms in total. The highest BCUT2D eigenvalue weighted by Crippen LogP contribution is 2.12. The molecule has 2 N–H and O–H groups in total. The van der Waals surface area contributed by atoms with Crippen molar-refractivity contribution in [2.45, 2.75) is 90.9 Å². The Kier molecular flexibility index (Phi) is 13.1. The topological polar surface area (TPSA) is 43.1 Å². The molecule has 0 aromatic rings. The summed E-state index contributed by atoms with van der Waals surface area (Å²) >= 11 is 0. The molecule has 0 fully saturated rings. The lowest BCUT2D eigenvalue weighted by Crippen LogP contribution is -2.11. The number of hydrogen-bond donors (Lipinski definition) is 1. The van der Waals surface area contributed by atoms with Crippen LogP contribution in [0, 0.1) is 0 Å². The number of primary amides is 1. The van der Waals surface area contributed by atoms with E-state index in [2.05, 4.69) is 6.92 Å². The molecule has 0 aromatic heterocycles. The molecule has 0 aromatic carbocycles. The zero-order chi connectivity index (χ0) is 14.3. The molecule has 0 unspecified atom stereocenters. The van der Waals surface area contributed by atoms with Crippen LogP contribution in [0.25, 0.3) is 0 Å².